The van der Waals surface area contributed by atoms with E-state index in [2.05, 4.69) is 65.6 Å². The van der Waals surface area contributed by atoms with E-state index < -0.39 is 0 Å². The minimum absolute atomic E-state index is 0.339. The van der Waals surface area contributed by atoms with Crippen LogP contribution in [0.1, 0.15) is 194 Å². The van der Waals surface area contributed by atoms with Crippen LogP contribution in [-0.4, -0.2) is 28.3 Å². The lowest BCUT2D eigenvalue weighted by molar-refractivity contribution is -0.128. The summed E-state index contributed by atoms with van der Waals surface area (Å²) in [6.45, 7) is 6.50. The molecule has 41 heavy (non-hydrogen) atoms. The summed E-state index contributed by atoms with van der Waals surface area (Å²) in [7, 11) is 0. The van der Waals surface area contributed by atoms with Crippen LogP contribution < -0.4 is 0 Å². The molecule has 0 radical (unpaired) electrons. The van der Waals surface area contributed by atoms with Crippen LogP contribution in [0.3, 0.4) is 0 Å². The molecule has 0 heterocycles. The average Bonchev–Trinajstić information content (AvgIpc) is 2.99. The van der Waals surface area contributed by atoms with Crippen LogP contribution in [0.4, 0.5) is 0 Å². The van der Waals surface area contributed by atoms with E-state index in [1.54, 1.807) is 0 Å². The molecule has 0 atom stereocenters. The number of unbranched alkanes of at least 4 members (excludes halogenated alkanes) is 24. The third kappa shape index (κ3) is 32.4. The largest absolute Gasteiger partial charge is 0.342 e. The maximum Gasteiger partial charge on any atom is 0.232 e. The molecular weight excluding hydrogens is 613 g/mol. The van der Waals surface area contributed by atoms with Gasteiger partial charge in [-0.05, 0) is 64.2 Å². The van der Waals surface area contributed by atoms with Crippen LogP contribution in [0.15, 0.2) is 24.3 Å². The van der Waals surface area contributed by atoms with Crippen molar-refractivity contribution in [3.8, 4) is 0 Å². The number of rotatable bonds is 33. The van der Waals surface area contributed by atoms with E-state index in [-0.39, 0.29) is 0 Å². The van der Waals surface area contributed by atoms with E-state index in [1.165, 1.54) is 180 Å². The Morgan fingerprint density at radius 2 is 0.707 bits per heavy atom. The second kappa shape index (κ2) is 35.9. The van der Waals surface area contributed by atoms with Crippen molar-refractivity contribution in [1.82, 2.24) is 4.90 Å². The van der Waals surface area contributed by atoms with Gasteiger partial charge in [0, 0.05) is 13.1 Å². The zero-order valence-electron chi connectivity index (χ0n) is 28.0. The molecule has 0 aliphatic carbocycles. The first-order chi connectivity index (χ1) is 20.3. The fraction of sp³-hybridized carbons (Fsp3) is 0.868. The fourth-order valence-corrected chi connectivity index (χ4v) is 6.03. The zero-order chi connectivity index (χ0) is 29.9. The van der Waals surface area contributed by atoms with Gasteiger partial charge in [0.1, 0.15) is 0 Å². The Morgan fingerprint density at radius 3 is 1.00 bits per heavy atom. The second-order valence-electron chi connectivity index (χ2n) is 12.4. The van der Waals surface area contributed by atoms with Crippen molar-refractivity contribution in [1.29, 1.82) is 0 Å². The van der Waals surface area contributed by atoms with Crippen molar-refractivity contribution in [2.24, 2.45) is 0 Å². The first kappa shape index (κ1) is 40.7. The molecule has 0 aliphatic rings. The van der Waals surface area contributed by atoms with Crippen LogP contribution in [0, 0.1) is 0 Å². The highest BCUT2D eigenvalue weighted by Crippen LogP contribution is 2.13. The lowest BCUT2D eigenvalue weighted by atomic mass is 10.1. The molecule has 0 aromatic heterocycles. The molecule has 0 fully saturated rings. The molecule has 242 valence electrons. The number of alkyl halides is 1. The Hall–Kier alpha value is -0.320. The summed E-state index contributed by atoms with van der Waals surface area (Å²) in [6.07, 6.45) is 47.0. The van der Waals surface area contributed by atoms with Gasteiger partial charge < -0.3 is 4.90 Å². The molecule has 0 N–H and O–H groups in total. The molecule has 1 amide bonds. The standard InChI is InChI=1S/C38H72INO/c1-3-5-7-9-11-13-15-17-19-21-23-25-27-29-31-33-35-40(38(41)37-39)36-34-32-30-28-26-24-22-20-18-16-14-12-10-8-6-4-2/h17-20H,3-16,21-37H2,1-2H3. The van der Waals surface area contributed by atoms with Gasteiger partial charge in [0.2, 0.25) is 5.91 Å². The van der Waals surface area contributed by atoms with Gasteiger partial charge in [-0.25, -0.2) is 0 Å². The van der Waals surface area contributed by atoms with Crippen molar-refractivity contribution >= 4 is 28.5 Å². The maximum absolute atomic E-state index is 12.4. The molecule has 0 saturated carbocycles. The van der Waals surface area contributed by atoms with Gasteiger partial charge in [-0.15, -0.1) is 0 Å². The molecule has 0 rings (SSSR count). The van der Waals surface area contributed by atoms with Gasteiger partial charge in [0.25, 0.3) is 0 Å². The number of halogens is 1. The van der Waals surface area contributed by atoms with Gasteiger partial charge >= 0.3 is 0 Å². The lowest BCUT2D eigenvalue weighted by Crippen LogP contribution is -2.33. The van der Waals surface area contributed by atoms with E-state index in [9.17, 15) is 4.79 Å². The van der Waals surface area contributed by atoms with Gasteiger partial charge in [-0.2, -0.15) is 0 Å². The third-order valence-electron chi connectivity index (χ3n) is 8.35. The van der Waals surface area contributed by atoms with Gasteiger partial charge in [-0.3, -0.25) is 4.79 Å². The molecular formula is C38H72INO. The minimum Gasteiger partial charge on any atom is -0.342 e. The molecule has 0 aromatic carbocycles. The van der Waals surface area contributed by atoms with Gasteiger partial charge in [0.05, 0.1) is 4.43 Å². The van der Waals surface area contributed by atoms with Gasteiger partial charge in [-0.1, -0.05) is 176 Å². The summed E-state index contributed by atoms with van der Waals surface area (Å²) in [4.78, 5) is 14.5. The van der Waals surface area contributed by atoms with Crippen LogP contribution in [0.2, 0.25) is 0 Å². The molecule has 0 spiro atoms. The van der Waals surface area contributed by atoms with E-state index in [0.717, 1.165) is 13.1 Å². The van der Waals surface area contributed by atoms with Crippen LogP contribution in [0.25, 0.3) is 0 Å². The smallest absolute Gasteiger partial charge is 0.232 e. The Bertz CT molecular complexity index is 531. The Kier molecular flexibility index (Phi) is 35.6. The van der Waals surface area contributed by atoms with E-state index >= 15 is 0 Å². The molecule has 0 aliphatic heterocycles. The zero-order valence-corrected chi connectivity index (χ0v) is 30.1. The summed E-state index contributed by atoms with van der Waals surface area (Å²) in [5, 5.41) is 0. The number of hydrogen-bond donors (Lipinski definition) is 0. The monoisotopic (exact) mass is 685 g/mol. The fourth-order valence-electron chi connectivity index (χ4n) is 5.55. The van der Waals surface area contributed by atoms with E-state index in [0.29, 0.717) is 10.3 Å². The first-order valence-electron chi connectivity index (χ1n) is 18.4. The molecule has 0 saturated heterocycles. The SMILES string of the molecule is CCCCCCCCC=CCCCCCCCCN(CCCCCCCCC=CCCCCCCCC)C(=O)CI. The molecule has 3 heteroatoms. The summed E-state index contributed by atoms with van der Waals surface area (Å²) >= 11 is 2.23. The minimum atomic E-state index is 0.339. The first-order valence-corrected chi connectivity index (χ1v) is 19.9. The van der Waals surface area contributed by atoms with Crippen LogP contribution in [0.5, 0.6) is 0 Å². The van der Waals surface area contributed by atoms with Crippen molar-refractivity contribution in [3.05, 3.63) is 24.3 Å². The molecule has 0 bridgehead atoms. The predicted molar refractivity (Wildman–Crippen MR) is 194 cm³/mol. The number of carbonyl (C=O) groups excluding carboxylic acids is 1. The second-order valence-corrected chi connectivity index (χ2v) is 13.2. The number of hydrogen-bond acceptors (Lipinski definition) is 1. The lowest BCUT2D eigenvalue weighted by Gasteiger charge is -2.22. The summed E-state index contributed by atoms with van der Waals surface area (Å²) < 4.78 is 0.622. The predicted octanol–water partition coefficient (Wildman–Crippen LogP) is 13.3. The summed E-state index contributed by atoms with van der Waals surface area (Å²) in [5.74, 6) is 0.339. The average molecular weight is 686 g/mol. The van der Waals surface area contributed by atoms with Crippen LogP contribution >= 0.6 is 22.6 Å². The molecule has 2 nitrogen and oxygen atoms in total. The number of nitrogens with zero attached hydrogens (tertiary/aromatic N) is 1. The Balaban J connectivity index is 3.57. The molecule has 0 unspecified atom stereocenters. The number of carbonyl (C=O) groups is 1. The number of amides is 1. The number of allylic oxidation sites excluding steroid dienone is 4. The van der Waals surface area contributed by atoms with Crippen LogP contribution in [-0.2, 0) is 4.79 Å². The highest BCUT2D eigenvalue weighted by atomic mass is 127. The van der Waals surface area contributed by atoms with E-state index in [4.69, 9.17) is 0 Å². The highest BCUT2D eigenvalue weighted by Gasteiger charge is 2.11. The molecule has 0 aromatic rings. The summed E-state index contributed by atoms with van der Waals surface area (Å²) in [6, 6.07) is 0. The highest BCUT2D eigenvalue weighted by molar-refractivity contribution is 14.1. The van der Waals surface area contributed by atoms with Crippen molar-refractivity contribution in [3.63, 3.8) is 0 Å². The van der Waals surface area contributed by atoms with Crippen molar-refractivity contribution in [2.75, 3.05) is 17.5 Å². The normalized spacial score (nSPS) is 11.8. The quantitative estimate of drug-likeness (QED) is 0.0291. The Labute approximate surface area is 272 Å². The van der Waals surface area contributed by atoms with Gasteiger partial charge in [0.15, 0.2) is 0 Å². The van der Waals surface area contributed by atoms with Crippen molar-refractivity contribution in [2.45, 2.75) is 194 Å². The third-order valence-corrected chi connectivity index (χ3v) is 9.00. The Morgan fingerprint density at radius 1 is 0.439 bits per heavy atom. The summed E-state index contributed by atoms with van der Waals surface area (Å²) in [5.41, 5.74) is 0. The van der Waals surface area contributed by atoms with E-state index in [1.807, 2.05) is 0 Å². The van der Waals surface area contributed by atoms with Crippen molar-refractivity contribution < 1.29 is 4.79 Å². The topological polar surface area (TPSA) is 20.3 Å². The maximum atomic E-state index is 12.4.